The van der Waals surface area contributed by atoms with Gasteiger partial charge in [-0.2, -0.15) is 4.31 Å². The number of nitrogens with zero attached hydrogens (tertiary/aromatic N) is 3. The highest BCUT2D eigenvalue weighted by molar-refractivity contribution is 7.88. The van der Waals surface area contributed by atoms with Crippen LogP contribution in [0.2, 0.25) is 0 Å². The predicted molar refractivity (Wildman–Crippen MR) is 108 cm³/mol. The van der Waals surface area contributed by atoms with Gasteiger partial charge in [0, 0.05) is 31.6 Å². The molecule has 1 aromatic heterocycles. The third-order valence-corrected chi connectivity index (χ3v) is 6.87. The minimum atomic E-state index is -3.37. The predicted octanol–water partition coefficient (Wildman–Crippen LogP) is 1.45. The van der Waals surface area contributed by atoms with Crippen molar-refractivity contribution in [2.75, 3.05) is 19.3 Å². The maximum atomic E-state index is 13.0. The normalized spacial score (nSPS) is 20.3. The second-order valence-corrected chi connectivity index (χ2v) is 9.58. The zero-order chi connectivity index (χ0) is 20.6. The second kappa shape index (κ2) is 7.72. The molecule has 1 atom stereocenters. The Morgan fingerprint density at radius 3 is 2.66 bits per heavy atom. The Balaban J connectivity index is 1.66. The summed E-state index contributed by atoms with van der Waals surface area (Å²) in [7, 11) is -3.37. The minimum Gasteiger partial charge on any atom is -0.328 e. The van der Waals surface area contributed by atoms with Crippen molar-refractivity contribution in [3.8, 4) is 0 Å². The number of rotatable bonds is 3. The van der Waals surface area contributed by atoms with Crippen molar-refractivity contribution in [3.05, 3.63) is 63.3 Å². The van der Waals surface area contributed by atoms with E-state index in [4.69, 9.17) is 0 Å². The summed E-state index contributed by atoms with van der Waals surface area (Å²) in [6.45, 7) is 0.953. The van der Waals surface area contributed by atoms with Crippen molar-refractivity contribution >= 4 is 15.9 Å². The molecule has 0 spiro atoms. The van der Waals surface area contributed by atoms with Gasteiger partial charge < -0.3 is 9.88 Å². The molecule has 2 aliphatic rings. The van der Waals surface area contributed by atoms with E-state index < -0.39 is 10.0 Å². The number of hydrogen-bond donors (Lipinski definition) is 1. The number of nitrogens with one attached hydrogen (secondary N) is 1. The Hall–Kier alpha value is -2.52. The zero-order valence-electron chi connectivity index (χ0n) is 16.3. The van der Waals surface area contributed by atoms with E-state index in [1.807, 2.05) is 18.2 Å². The van der Waals surface area contributed by atoms with Crippen LogP contribution in [0.25, 0.3) is 0 Å². The lowest BCUT2D eigenvalue weighted by atomic mass is 9.99. The van der Waals surface area contributed by atoms with Crippen LogP contribution in [-0.2, 0) is 23.0 Å². The summed E-state index contributed by atoms with van der Waals surface area (Å²) in [5, 5.41) is 0. The first kappa shape index (κ1) is 19.8. The quantitative estimate of drug-likeness (QED) is 0.816. The SMILES string of the molecule is CS(=O)(=O)N1CCc2nc(C3CCCCN3C(=O)c3ccccc3)[nH]c(=O)c2C1. The molecule has 0 radical (unpaired) electrons. The molecule has 8 nitrogen and oxygen atoms in total. The van der Waals surface area contributed by atoms with Gasteiger partial charge in [-0.25, -0.2) is 13.4 Å². The molecule has 1 aromatic carbocycles. The van der Waals surface area contributed by atoms with Gasteiger partial charge in [-0.05, 0) is 31.4 Å². The summed E-state index contributed by atoms with van der Waals surface area (Å²) in [6.07, 6.45) is 4.12. The molecule has 2 aliphatic heterocycles. The highest BCUT2D eigenvalue weighted by Crippen LogP contribution is 2.30. The van der Waals surface area contributed by atoms with Crippen LogP contribution >= 0.6 is 0 Å². The Bertz CT molecular complexity index is 1080. The number of sulfonamides is 1. The number of aromatic nitrogens is 2. The molecule has 1 amide bonds. The van der Waals surface area contributed by atoms with Gasteiger partial charge in [0.1, 0.15) is 5.82 Å². The van der Waals surface area contributed by atoms with Gasteiger partial charge in [-0.15, -0.1) is 0 Å². The van der Waals surface area contributed by atoms with Crippen molar-refractivity contribution in [2.45, 2.75) is 38.3 Å². The summed E-state index contributed by atoms with van der Waals surface area (Å²) < 4.78 is 24.9. The monoisotopic (exact) mass is 416 g/mol. The fourth-order valence-electron chi connectivity index (χ4n) is 4.07. The Morgan fingerprint density at radius 1 is 1.17 bits per heavy atom. The van der Waals surface area contributed by atoms with E-state index in [-0.39, 0.29) is 24.1 Å². The van der Waals surface area contributed by atoms with Gasteiger partial charge in [0.15, 0.2) is 0 Å². The number of amides is 1. The average Bonchev–Trinajstić information content (AvgIpc) is 2.73. The van der Waals surface area contributed by atoms with E-state index in [2.05, 4.69) is 9.97 Å². The standard InChI is InChI=1S/C20H24N4O4S/c1-29(27,28)23-12-10-16-15(13-23)19(25)22-18(21-16)17-9-5-6-11-24(17)20(26)14-7-3-2-4-8-14/h2-4,7-8,17H,5-6,9-13H2,1H3,(H,21,22,25). The maximum Gasteiger partial charge on any atom is 0.255 e. The lowest BCUT2D eigenvalue weighted by molar-refractivity contribution is 0.0599. The Labute approximate surface area is 169 Å². The van der Waals surface area contributed by atoms with Gasteiger partial charge in [0.05, 0.1) is 23.6 Å². The first-order valence-corrected chi connectivity index (χ1v) is 11.6. The molecule has 2 aromatic rings. The van der Waals surface area contributed by atoms with Crippen molar-refractivity contribution < 1.29 is 13.2 Å². The van der Waals surface area contributed by atoms with Crippen molar-refractivity contribution in [1.82, 2.24) is 19.2 Å². The number of piperidine rings is 1. The number of carbonyl (C=O) groups is 1. The first-order chi connectivity index (χ1) is 13.8. The van der Waals surface area contributed by atoms with Crippen LogP contribution in [-0.4, -0.2) is 52.8 Å². The average molecular weight is 417 g/mol. The van der Waals surface area contributed by atoms with Crippen LogP contribution < -0.4 is 5.56 Å². The van der Waals surface area contributed by atoms with E-state index in [1.54, 1.807) is 17.0 Å². The summed E-state index contributed by atoms with van der Waals surface area (Å²) in [4.78, 5) is 35.1. The van der Waals surface area contributed by atoms with Crippen LogP contribution in [0, 0.1) is 0 Å². The molecule has 9 heteroatoms. The second-order valence-electron chi connectivity index (χ2n) is 7.60. The number of fused-ring (bicyclic) bond motifs is 1. The summed E-state index contributed by atoms with van der Waals surface area (Å²) in [5.41, 5.74) is 1.31. The van der Waals surface area contributed by atoms with Crippen LogP contribution in [0.1, 0.15) is 52.7 Å². The Kier molecular flexibility index (Phi) is 5.26. The third kappa shape index (κ3) is 3.97. The minimum absolute atomic E-state index is 0.0358. The number of H-pyrrole nitrogens is 1. The Morgan fingerprint density at radius 2 is 1.93 bits per heavy atom. The lowest BCUT2D eigenvalue weighted by Crippen LogP contribution is -2.42. The summed E-state index contributed by atoms with van der Waals surface area (Å²) in [5.74, 6) is 0.421. The molecule has 0 aliphatic carbocycles. The summed E-state index contributed by atoms with van der Waals surface area (Å²) >= 11 is 0. The molecular weight excluding hydrogens is 392 g/mol. The fraction of sp³-hybridized carbons (Fsp3) is 0.450. The molecule has 3 heterocycles. The molecule has 1 fully saturated rings. The number of carbonyl (C=O) groups excluding carboxylic acids is 1. The largest absolute Gasteiger partial charge is 0.328 e. The number of hydrogen-bond acceptors (Lipinski definition) is 5. The van der Waals surface area contributed by atoms with Gasteiger partial charge in [0.2, 0.25) is 10.0 Å². The molecule has 0 saturated carbocycles. The van der Waals surface area contributed by atoms with Crippen LogP contribution in [0.5, 0.6) is 0 Å². The lowest BCUT2D eigenvalue weighted by Gasteiger charge is -2.35. The molecule has 0 bridgehead atoms. The fourth-order valence-corrected chi connectivity index (χ4v) is 4.85. The van der Waals surface area contributed by atoms with Crippen molar-refractivity contribution in [1.29, 1.82) is 0 Å². The number of aromatic amines is 1. The molecular formula is C20H24N4O4S. The van der Waals surface area contributed by atoms with E-state index in [9.17, 15) is 18.0 Å². The van der Waals surface area contributed by atoms with Crippen LogP contribution in [0.4, 0.5) is 0 Å². The zero-order valence-corrected chi connectivity index (χ0v) is 17.1. The van der Waals surface area contributed by atoms with Gasteiger partial charge in [0.25, 0.3) is 11.5 Å². The highest BCUT2D eigenvalue weighted by Gasteiger charge is 2.32. The third-order valence-electron chi connectivity index (χ3n) is 5.62. The van der Waals surface area contributed by atoms with Crippen molar-refractivity contribution in [3.63, 3.8) is 0 Å². The first-order valence-electron chi connectivity index (χ1n) is 9.77. The van der Waals surface area contributed by atoms with E-state index in [0.29, 0.717) is 42.2 Å². The number of benzene rings is 1. The molecule has 29 heavy (non-hydrogen) atoms. The van der Waals surface area contributed by atoms with E-state index in [0.717, 1.165) is 25.5 Å². The van der Waals surface area contributed by atoms with Crippen molar-refractivity contribution in [2.24, 2.45) is 0 Å². The van der Waals surface area contributed by atoms with Gasteiger partial charge in [-0.3, -0.25) is 9.59 Å². The molecule has 1 N–H and O–H groups in total. The topological polar surface area (TPSA) is 103 Å². The summed E-state index contributed by atoms with van der Waals surface area (Å²) in [6, 6.07) is 8.82. The molecule has 154 valence electrons. The number of likely N-dealkylation sites (tertiary alicyclic amines) is 1. The van der Waals surface area contributed by atoms with Crippen LogP contribution in [0.3, 0.4) is 0 Å². The van der Waals surface area contributed by atoms with E-state index in [1.165, 1.54) is 4.31 Å². The highest BCUT2D eigenvalue weighted by atomic mass is 32.2. The smallest absolute Gasteiger partial charge is 0.255 e. The molecule has 4 rings (SSSR count). The van der Waals surface area contributed by atoms with Crippen LogP contribution in [0.15, 0.2) is 35.1 Å². The van der Waals surface area contributed by atoms with Gasteiger partial charge >= 0.3 is 0 Å². The van der Waals surface area contributed by atoms with Gasteiger partial charge in [-0.1, -0.05) is 18.2 Å². The van der Waals surface area contributed by atoms with E-state index >= 15 is 0 Å². The maximum absolute atomic E-state index is 13.0. The molecule has 1 saturated heterocycles. The molecule has 1 unspecified atom stereocenters.